The van der Waals surface area contributed by atoms with E-state index in [2.05, 4.69) is 0 Å². The summed E-state index contributed by atoms with van der Waals surface area (Å²) in [5.41, 5.74) is -0.178. The van der Waals surface area contributed by atoms with E-state index in [4.69, 9.17) is 10.2 Å². The average molecular weight is 195 g/mol. The zero-order valence-electron chi connectivity index (χ0n) is 5.50. The van der Waals surface area contributed by atoms with Gasteiger partial charge in [0.05, 0.1) is 0 Å². The van der Waals surface area contributed by atoms with Crippen molar-refractivity contribution >= 4 is 11.9 Å². The van der Waals surface area contributed by atoms with Gasteiger partial charge in [-0.3, -0.25) is 0 Å². The Hall–Kier alpha value is -0.697. The number of hydrogen-bond donors (Lipinski definition) is 2. The molecule has 5 heteroatoms. The molecule has 10 heavy (non-hydrogen) atoms. The van der Waals surface area contributed by atoms with E-state index >= 15 is 0 Å². The summed E-state index contributed by atoms with van der Waals surface area (Å²) in [6.45, 7) is 1.22. The van der Waals surface area contributed by atoms with Crippen LogP contribution in [-0.2, 0) is 29.1 Å². The van der Waals surface area contributed by atoms with Crippen LogP contribution in [0.2, 0.25) is 0 Å². The minimum atomic E-state index is -1.24. The van der Waals surface area contributed by atoms with Gasteiger partial charge in [-0.25, -0.2) is 9.59 Å². The Morgan fingerprint density at radius 1 is 1.30 bits per heavy atom. The molecule has 0 saturated heterocycles. The summed E-state index contributed by atoms with van der Waals surface area (Å²) in [6, 6.07) is 0. The smallest absolute Gasteiger partial charge is 0.331 e. The van der Waals surface area contributed by atoms with Crippen LogP contribution in [0.15, 0.2) is 11.6 Å². The number of aliphatic carboxylic acids is 2. The fraction of sp³-hybridized carbons (Fsp3) is 0.200. The Balaban J connectivity index is 0. The van der Waals surface area contributed by atoms with Crippen molar-refractivity contribution in [2.45, 2.75) is 6.92 Å². The molecule has 2 N–H and O–H groups in total. The molecule has 0 atom stereocenters. The zero-order valence-corrected chi connectivity index (χ0v) is 8.46. The van der Waals surface area contributed by atoms with Gasteiger partial charge in [-0.05, 0) is 6.92 Å². The predicted octanol–water partition coefficient (Wildman–Crippen LogP) is 0.0994. The first-order valence-electron chi connectivity index (χ1n) is 2.18. The molecule has 52 valence electrons. The SMILES string of the molecule is C/C(=C/C(=O)O)C(=O)O.[Zn]. The molecule has 0 aromatic carbocycles. The van der Waals surface area contributed by atoms with Gasteiger partial charge in [-0.2, -0.15) is 0 Å². The van der Waals surface area contributed by atoms with Crippen molar-refractivity contribution in [3.63, 3.8) is 0 Å². The largest absolute Gasteiger partial charge is 0.478 e. The van der Waals surface area contributed by atoms with Crippen LogP contribution in [0.5, 0.6) is 0 Å². The zero-order chi connectivity index (χ0) is 7.44. The molecule has 0 unspecified atom stereocenters. The van der Waals surface area contributed by atoms with Gasteiger partial charge in [0, 0.05) is 31.1 Å². The molecule has 0 heterocycles. The van der Waals surface area contributed by atoms with E-state index in [0.717, 1.165) is 0 Å². The number of carboxylic acid groups (broad SMARTS) is 2. The minimum Gasteiger partial charge on any atom is -0.478 e. The maximum Gasteiger partial charge on any atom is 0.331 e. The fourth-order valence-corrected chi connectivity index (χ4v) is 0.247. The van der Waals surface area contributed by atoms with E-state index in [1.807, 2.05) is 0 Å². The van der Waals surface area contributed by atoms with Crippen molar-refractivity contribution in [3.05, 3.63) is 11.6 Å². The number of rotatable bonds is 2. The van der Waals surface area contributed by atoms with Crippen molar-refractivity contribution in [2.75, 3.05) is 0 Å². The van der Waals surface area contributed by atoms with E-state index in [0.29, 0.717) is 6.08 Å². The van der Waals surface area contributed by atoms with Gasteiger partial charge in [0.2, 0.25) is 0 Å². The minimum absolute atomic E-state index is 0. The molecule has 0 aliphatic rings. The van der Waals surface area contributed by atoms with Gasteiger partial charge >= 0.3 is 11.9 Å². The second-order valence-electron chi connectivity index (χ2n) is 1.47. The molecule has 0 spiro atoms. The summed E-state index contributed by atoms with van der Waals surface area (Å²) in [4.78, 5) is 19.7. The number of carbonyl (C=O) groups is 2. The Kier molecular flexibility index (Phi) is 6.15. The van der Waals surface area contributed by atoms with Crippen LogP contribution in [0, 0.1) is 0 Å². The van der Waals surface area contributed by atoms with Crippen LogP contribution in [0.1, 0.15) is 6.92 Å². The molecule has 4 nitrogen and oxygen atoms in total. The molecule has 0 aliphatic carbocycles. The molecule has 0 aliphatic heterocycles. The van der Waals surface area contributed by atoms with Crippen molar-refractivity contribution in [1.82, 2.24) is 0 Å². The van der Waals surface area contributed by atoms with Gasteiger partial charge in [0.15, 0.2) is 0 Å². The van der Waals surface area contributed by atoms with Crippen LogP contribution in [0.25, 0.3) is 0 Å². The molecule has 0 aromatic heterocycles. The van der Waals surface area contributed by atoms with Crippen molar-refractivity contribution in [3.8, 4) is 0 Å². The molecular weight excluding hydrogens is 189 g/mol. The summed E-state index contributed by atoms with van der Waals surface area (Å²) in [6.07, 6.45) is 0.641. The van der Waals surface area contributed by atoms with Gasteiger partial charge in [0.1, 0.15) is 0 Å². The molecule has 0 fully saturated rings. The second-order valence-corrected chi connectivity index (χ2v) is 1.47. The first-order valence-corrected chi connectivity index (χ1v) is 2.18. The van der Waals surface area contributed by atoms with Crippen LogP contribution < -0.4 is 0 Å². The number of hydrogen-bond acceptors (Lipinski definition) is 2. The molecule has 0 bridgehead atoms. The van der Waals surface area contributed by atoms with Gasteiger partial charge < -0.3 is 10.2 Å². The first kappa shape index (κ1) is 12.0. The quantitative estimate of drug-likeness (QED) is 0.484. The summed E-state index contributed by atoms with van der Waals surface area (Å²) >= 11 is 0. The Morgan fingerprint density at radius 3 is 1.80 bits per heavy atom. The van der Waals surface area contributed by atoms with Gasteiger partial charge in [-0.15, -0.1) is 0 Å². The average Bonchev–Trinajstić information content (AvgIpc) is 1.63. The third-order valence-electron chi connectivity index (χ3n) is 0.677. The third-order valence-corrected chi connectivity index (χ3v) is 0.677. The Morgan fingerprint density at radius 2 is 1.70 bits per heavy atom. The van der Waals surface area contributed by atoms with Crippen molar-refractivity contribution in [2.24, 2.45) is 0 Å². The van der Waals surface area contributed by atoms with E-state index in [-0.39, 0.29) is 25.1 Å². The third kappa shape index (κ3) is 5.44. The first-order chi connectivity index (χ1) is 4.04. The van der Waals surface area contributed by atoms with E-state index in [1.54, 1.807) is 0 Å². The van der Waals surface area contributed by atoms with Crippen LogP contribution in [0.4, 0.5) is 0 Å². The fourth-order valence-electron chi connectivity index (χ4n) is 0.247. The topological polar surface area (TPSA) is 74.6 Å². The van der Waals surface area contributed by atoms with Crippen molar-refractivity contribution in [1.29, 1.82) is 0 Å². The molecule has 0 amide bonds. The molecule has 0 aromatic rings. The van der Waals surface area contributed by atoms with E-state index < -0.39 is 11.9 Å². The summed E-state index contributed by atoms with van der Waals surface area (Å²) < 4.78 is 0. The molecule has 0 saturated carbocycles. The second kappa shape index (κ2) is 5.12. The van der Waals surface area contributed by atoms with Gasteiger partial charge in [0.25, 0.3) is 0 Å². The normalized spacial score (nSPS) is 9.90. The van der Waals surface area contributed by atoms with Crippen LogP contribution in [-0.4, -0.2) is 22.2 Å². The standard InChI is InChI=1S/C5H6O4.Zn/c1-3(5(8)9)2-4(6)7;/h2H,1H3,(H,6,7)(H,8,9);/b3-2-;. The van der Waals surface area contributed by atoms with E-state index in [1.165, 1.54) is 6.92 Å². The summed E-state index contributed by atoms with van der Waals surface area (Å²) in [5, 5.41) is 16.1. The maximum atomic E-state index is 9.90. The molecule has 0 rings (SSSR count). The van der Waals surface area contributed by atoms with E-state index in [9.17, 15) is 9.59 Å². The van der Waals surface area contributed by atoms with Crippen LogP contribution >= 0.6 is 0 Å². The van der Waals surface area contributed by atoms with Crippen molar-refractivity contribution < 1.29 is 39.3 Å². The summed E-state index contributed by atoms with van der Waals surface area (Å²) in [5.74, 6) is -2.45. The Labute approximate surface area is 70.3 Å². The monoisotopic (exact) mass is 194 g/mol. The van der Waals surface area contributed by atoms with Gasteiger partial charge in [-0.1, -0.05) is 0 Å². The molecular formula is C5H6O4Zn. The number of carboxylic acids is 2. The maximum absolute atomic E-state index is 9.90. The Bertz CT molecular complexity index is 172. The molecule has 0 radical (unpaired) electrons. The predicted molar refractivity (Wildman–Crippen MR) is 29.0 cm³/mol. The summed E-state index contributed by atoms with van der Waals surface area (Å²) in [7, 11) is 0. The van der Waals surface area contributed by atoms with Crippen LogP contribution in [0.3, 0.4) is 0 Å².